The van der Waals surface area contributed by atoms with E-state index in [4.69, 9.17) is 34.2 Å². The number of carbonyl (C=O) groups excluding carboxylic acids is 4. The van der Waals surface area contributed by atoms with Crippen LogP contribution in [0.4, 0.5) is 9.59 Å². The van der Waals surface area contributed by atoms with Gasteiger partial charge in [0.05, 0.1) is 0 Å². The smallest absolute Gasteiger partial charge is 0.462 e. The number of benzene rings is 1. The molecule has 1 aromatic carbocycles. The van der Waals surface area contributed by atoms with Crippen molar-refractivity contribution in [3.8, 4) is 11.5 Å². The molecule has 0 aliphatic carbocycles. The van der Waals surface area contributed by atoms with Gasteiger partial charge in [0.2, 0.25) is 0 Å². The van der Waals surface area contributed by atoms with Crippen molar-refractivity contribution >= 4 is 24.2 Å². The van der Waals surface area contributed by atoms with Crippen molar-refractivity contribution in [2.45, 2.75) is 98.0 Å². The Hall–Kier alpha value is -3.34. The van der Waals surface area contributed by atoms with Gasteiger partial charge in [-0.2, -0.15) is 0 Å². The largest absolute Gasteiger partial charge is 0.514 e. The van der Waals surface area contributed by atoms with Crippen molar-refractivity contribution in [1.29, 1.82) is 0 Å². The first-order valence-electron chi connectivity index (χ1n) is 12.4. The summed E-state index contributed by atoms with van der Waals surface area (Å²) < 4.78 is 31.0. The number of carbonyl (C=O) groups is 4. The highest BCUT2D eigenvalue weighted by Gasteiger charge is 2.22. The van der Waals surface area contributed by atoms with Gasteiger partial charge < -0.3 is 34.2 Å². The highest BCUT2D eigenvalue weighted by Crippen LogP contribution is 2.30. The Bertz CT molecular complexity index is 903. The lowest BCUT2D eigenvalue weighted by molar-refractivity contribution is -0.157. The molecule has 11 nitrogen and oxygen atoms in total. The van der Waals surface area contributed by atoms with E-state index in [1.54, 1.807) is 26.8 Å². The summed E-state index contributed by atoms with van der Waals surface area (Å²) in [6.45, 7) is 10.1. The molecule has 0 heterocycles. The molecule has 0 bridgehead atoms. The SMILES string of the molecule is CCCC(C)OC(=O)Oc1cc(C[C@H](N)C(=O)OC(C)COC(C)=O)ccc1OC(=O)O[C@H](C)CCC. The summed E-state index contributed by atoms with van der Waals surface area (Å²) in [5.74, 6) is -1.36. The number of hydrogen-bond donors (Lipinski definition) is 1. The molecule has 0 amide bonds. The fraction of sp³-hybridized carbons (Fsp3) is 0.615. The average molecular weight is 526 g/mol. The molecule has 0 spiro atoms. The highest BCUT2D eigenvalue weighted by atomic mass is 16.7. The zero-order valence-electron chi connectivity index (χ0n) is 22.4. The summed E-state index contributed by atoms with van der Waals surface area (Å²) >= 11 is 0. The highest BCUT2D eigenvalue weighted by molar-refractivity contribution is 5.76. The Balaban J connectivity index is 2.98. The van der Waals surface area contributed by atoms with E-state index in [2.05, 4.69) is 0 Å². The molecule has 0 fully saturated rings. The lowest BCUT2D eigenvalue weighted by Crippen LogP contribution is -2.37. The van der Waals surface area contributed by atoms with Crippen LogP contribution in [-0.2, 0) is 35.0 Å². The van der Waals surface area contributed by atoms with E-state index in [-0.39, 0.29) is 36.7 Å². The molecule has 37 heavy (non-hydrogen) atoms. The van der Waals surface area contributed by atoms with Gasteiger partial charge in [-0.1, -0.05) is 32.8 Å². The molecule has 0 aromatic heterocycles. The van der Waals surface area contributed by atoms with E-state index in [0.29, 0.717) is 18.4 Å². The van der Waals surface area contributed by atoms with Crippen LogP contribution in [0.2, 0.25) is 0 Å². The van der Waals surface area contributed by atoms with E-state index < -0.39 is 36.4 Å². The molecule has 0 radical (unpaired) electrons. The van der Waals surface area contributed by atoms with E-state index in [9.17, 15) is 19.2 Å². The molecular formula is C26H39NO10. The molecule has 0 aliphatic rings. The lowest BCUT2D eigenvalue weighted by atomic mass is 10.1. The first-order chi connectivity index (χ1) is 17.4. The van der Waals surface area contributed by atoms with Gasteiger partial charge >= 0.3 is 24.2 Å². The molecule has 4 atom stereocenters. The second-order valence-corrected chi connectivity index (χ2v) is 8.78. The van der Waals surface area contributed by atoms with E-state index in [1.807, 2.05) is 13.8 Å². The summed E-state index contributed by atoms with van der Waals surface area (Å²) in [6.07, 6.45) is -0.368. The van der Waals surface area contributed by atoms with Crippen LogP contribution >= 0.6 is 0 Å². The van der Waals surface area contributed by atoms with Crippen LogP contribution in [0.25, 0.3) is 0 Å². The Kier molecular flexibility index (Phi) is 14.1. The standard InChI is InChI=1S/C26H39NO10/c1-7-9-16(3)34-25(30)36-22-12-11-20(14-23(22)37-26(31)35-17(4)10-8-2)13-21(27)24(29)33-18(5)15-32-19(6)28/h11-12,14,16-18,21H,7-10,13,15,27H2,1-6H3/t16-,17?,18?,21+/m1/s1. The molecule has 2 N–H and O–H groups in total. The third-order valence-corrected chi connectivity index (χ3v) is 4.98. The number of rotatable bonds is 14. The van der Waals surface area contributed by atoms with Crippen molar-refractivity contribution in [2.24, 2.45) is 5.73 Å². The zero-order chi connectivity index (χ0) is 28.0. The Morgan fingerprint density at radius 1 is 0.811 bits per heavy atom. The van der Waals surface area contributed by atoms with Gasteiger partial charge in [-0.05, 0) is 57.7 Å². The molecule has 0 aliphatic heterocycles. The number of ether oxygens (including phenoxy) is 6. The molecule has 0 saturated carbocycles. The number of hydrogen-bond acceptors (Lipinski definition) is 11. The third-order valence-electron chi connectivity index (χ3n) is 4.98. The predicted octanol–water partition coefficient (Wildman–Crippen LogP) is 4.46. The topological polar surface area (TPSA) is 150 Å². The van der Waals surface area contributed by atoms with Crippen LogP contribution in [0.15, 0.2) is 18.2 Å². The van der Waals surface area contributed by atoms with Gasteiger partial charge in [0, 0.05) is 6.92 Å². The maximum atomic E-state index is 12.3. The third kappa shape index (κ3) is 13.0. The van der Waals surface area contributed by atoms with Crippen LogP contribution in [-0.4, -0.2) is 55.2 Å². The summed E-state index contributed by atoms with van der Waals surface area (Å²) in [5.41, 5.74) is 6.49. The number of esters is 2. The van der Waals surface area contributed by atoms with Gasteiger partial charge in [0.15, 0.2) is 11.5 Å². The summed E-state index contributed by atoms with van der Waals surface area (Å²) in [4.78, 5) is 47.8. The van der Waals surface area contributed by atoms with Gasteiger partial charge in [-0.15, -0.1) is 0 Å². The molecule has 11 heteroatoms. The Morgan fingerprint density at radius 2 is 1.35 bits per heavy atom. The van der Waals surface area contributed by atoms with Crippen molar-refractivity contribution in [2.75, 3.05) is 6.61 Å². The van der Waals surface area contributed by atoms with Gasteiger partial charge in [0.1, 0.15) is 31.0 Å². The molecule has 0 saturated heterocycles. The lowest BCUT2D eigenvalue weighted by Gasteiger charge is -2.18. The van der Waals surface area contributed by atoms with Crippen LogP contribution in [0, 0.1) is 0 Å². The van der Waals surface area contributed by atoms with Gasteiger partial charge in [-0.3, -0.25) is 9.59 Å². The summed E-state index contributed by atoms with van der Waals surface area (Å²) in [7, 11) is 0. The first-order valence-corrected chi connectivity index (χ1v) is 12.4. The minimum atomic E-state index is -1.06. The molecule has 2 unspecified atom stereocenters. The van der Waals surface area contributed by atoms with E-state index >= 15 is 0 Å². The Morgan fingerprint density at radius 3 is 1.86 bits per heavy atom. The normalized spacial score (nSPS) is 13.9. The molecular weight excluding hydrogens is 486 g/mol. The minimum absolute atomic E-state index is 0.0228. The van der Waals surface area contributed by atoms with Crippen molar-refractivity contribution < 1.29 is 47.6 Å². The average Bonchev–Trinajstić information content (AvgIpc) is 2.79. The Labute approximate surface area is 217 Å². The zero-order valence-corrected chi connectivity index (χ0v) is 22.4. The quantitative estimate of drug-likeness (QED) is 0.208. The van der Waals surface area contributed by atoms with Crippen LogP contribution in [0.1, 0.15) is 72.8 Å². The van der Waals surface area contributed by atoms with Crippen LogP contribution < -0.4 is 15.2 Å². The van der Waals surface area contributed by atoms with Crippen LogP contribution in [0.3, 0.4) is 0 Å². The predicted molar refractivity (Wildman–Crippen MR) is 133 cm³/mol. The second kappa shape index (κ2) is 16.4. The monoisotopic (exact) mass is 525 g/mol. The first kappa shape index (κ1) is 31.7. The summed E-state index contributed by atoms with van der Waals surface area (Å²) in [6, 6.07) is 3.32. The maximum absolute atomic E-state index is 12.3. The summed E-state index contributed by atoms with van der Waals surface area (Å²) in [5, 5.41) is 0. The van der Waals surface area contributed by atoms with Crippen molar-refractivity contribution in [1.82, 2.24) is 0 Å². The van der Waals surface area contributed by atoms with Gasteiger partial charge in [0.25, 0.3) is 0 Å². The molecule has 1 rings (SSSR count). The van der Waals surface area contributed by atoms with E-state index in [0.717, 1.165) is 12.8 Å². The fourth-order valence-electron chi connectivity index (χ4n) is 3.22. The van der Waals surface area contributed by atoms with Crippen LogP contribution in [0.5, 0.6) is 11.5 Å². The van der Waals surface area contributed by atoms with Crippen molar-refractivity contribution in [3.63, 3.8) is 0 Å². The van der Waals surface area contributed by atoms with Gasteiger partial charge in [-0.25, -0.2) is 9.59 Å². The van der Waals surface area contributed by atoms with Crippen molar-refractivity contribution in [3.05, 3.63) is 23.8 Å². The van der Waals surface area contributed by atoms with E-state index in [1.165, 1.54) is 19.1 Å². The maximum Gasteiger partial charge on any atom is 0.514 e. The minimum Gasteiger partial charge on any atom is -0.462 e. The number of nitrogens with two attached hydrogens (primary N) is 1. The molecule has 1 aromatic rings. The second-order valence-electron chi connectivity index (χ2n) is 8.78. The fourth-order valence-corrected chi connectivity index (χ4v) is 3.22. The molecule has 208 valence electrons.